The molecule has 0 radical (unpaired) electrons. The van der Waals surface area contributed by atoms with E-state index < -0.39 is 0 Å². The molecular weight excluding hydrogens is 234 g/mol. The molecule has 0 aromatic carbocycles. The maximum Gasteiger partial charge on any atom is 0.0524 e. The Morgan fingerprint density at radius 3 is 2.95 bits per heavy atom. The first-order valence-electron chi connectivity index (χ1n) is 7.97. The second kappa shape index (κ2) is 7.09. The third-order valence-corrected chi connectivity index (χ3v) is 4.45. The molecule has 19 heavy (non-hydrogen) atoms. The lowest BCUT2D eigenvalue weighted by Gasteiger charge is -2.34. The van der Waals surface area contributed by atoms with Gasteiger partial charge in [0.1, 0.15) is 0 Å². The van der Waals surface area contributed by atoms with Gasteiger partial charge in [0, 0.05) is 12.7 Å². The monoisotopic (exact) mass is 263 g/mol. The lowest BCUT2D eigenvalue weighted by Crippen LogP contribution is -2.31. The number of aromatic nitrogens is 2. The zero-order chi connectivity index (χ0) is 13.7. The molecule has 1 aliphatic rings. The van der Waals surface area contributed by atoms with Gasteiger partial charge < -0.3 is 5.32 Å². The van der Waals surface area contributed by atoms with Crippen LogP contribution in [-0.4, -0.2) is 22.9 Å². The van der Waals surface area contributed by atoms with E-state index in [-0.39, 0.29) is 0 Å². The molecule has 108 valence electrons. The molecule has 1 saturated carbocycles. The maximum absolute atomic E-state index is 4.52. The molecule has 1 aliphatic carbocycles. The summed E-state index contributed by atoms with van der Waals surface area (Å²) >= 11 is 0. The zero-order valence-electron chi connectivity index (χ0n) is 12.7. The summed E-state index contributed by atoms with van der Waals surface area (Å²) in [4.78, 5) is 0. The minimum atomic E-state index is 0.702. The van der Waals surface area contributed by atoms with Gasteiger partial charge in [-0.1, -0.05) is 27.2 Å². The summed E-state index contributed by atoms with van der Waals surface area (Å²) < 4.78 is 2.11. The van der Waals surface area contributed by atoms with Crippen molar-refractivity contribution in [2.45, 2.75) is 58.9 Å². The standard InChI is InChI=1S/C16H29N3/c1-4-8-19-12-15(11-18-19)16-9-13(3)6-7-14(16)10-17-5-2/h11-14,16-17H,4-10H2,1-3H3. The van der Waals surface area contributed by atoms with Gasteiger partial charge in [-0.05, 0) is 55.7 Å². The molecular formula is C16H29N3. The summed E-state index contributed by atoms with van der Waals surface area (Å²) in [5.74, 6) is 2.35. The summed E-state index contributed by atoms with van der Waals surface area (Å²) in [6, 6.07) is 0. The Morgan fingerprint density at radius 2 is 2.21 bits per heavy atom. The maximum atomic E-state index is 4.52. The summed E-state index contributed by atoms with van der Waals surface area (Å²) in [6.45, 7) is 10.1. The number of rotatable bonds is 6. The van der Waals surface area contributed by atoms with Crippen molar-refractivity contribution in [1.29, 1.82) is 0 Å². The molecule has 0 amide bonds. The Balaban J connectivity index is 2.06. The van der Waals surface area contributed by atoms with E-state index in [1.165, 1.54) is 24.8 Å². The van der Waals surface area contributed by atoms with Crippen molar-refractivity contribution in [3.63, 3.8) is 0 Å². The van der Waals surface area contributed by atoms with Gasteiger partial charge in [-0.25, -0.2) is 0 Å². The van der Waals surface area contributed by atoms with E-state index in [4.69, 9.17) is 0 Å². The summed E-state index contributed by atoms with van der Waals surface area (Å²) in [7, 11) is 0. The zero-order valence-corrected chi connectivity index (χ0v) is 12.7. The molecule has 1 aromatic heterocycles. The Kier molecular flexibility index (Phi) is 5.44. The van der Waals surface area contributed by atoms with E-state index in [1.807, 2.05) is 0 Å². The lowest BCUT2D eigenvalue weighted by atomic mass is 9.72. The van der Waals surface area contributed by atoms with Gasteiger partial charge in [0.2, 0.25) is 0 Å². The van der Waals surface area contributed by atoms with Gasteiger partial charge >= 0.3 is 0 Å². The van der Waals surface area contributed by atoms with Crippen LogP contribution in [0.25, 0.3) is 0 Å². The molecule has 1 N–H and O–H groups in total. The molecule has 3 nitrogen and oxygen atoms in total. The normalized spacial score (nSPS) is 27.6. The molecule has 3 atom stereocenters. The fourth-order valence-electron chi connectivity index (χ4n) is 3.35. The van der Waals surface area contributed by atoms with Crippen LogP contribution in [0.1, 0.15) is 57.9 Å². The van der Waals surface area contributed by atoms with Crippen LogP contribution in [-0.2, 0) is 6.54 Å². The van der Waals surface area contributed by atoms with E-state index in [0.717, 1.165) is 37.9 Å². The van der Waals surface area contributed by atoms with Crippen molar-refractivity contribution < 1.29 is 0 Å². The first kappa shape index (κ1) is 14.6. The van der Waals surface area contributed by atoms with E-state index >= 15 is 0 Å². The molecule has 3 unspecified atom stereocenters. The highest BCUT2D eigenvalue weighted by Crippen LogP contribution is 2.40. The molecule has 2 rings (SSSR count). The Morgan fingerprint density at radius 1 is 1.37 bits per heavy atom. The van der Waals surface area contributed by atoms with Crippen molar-refractivity contribution in [2.24, 2.45) is 11.8 Å². The van der Waals surface area contributed by atoms with Gasteiger partial charge in [0.05, 0.1) is 6.20 Å². The molecule has 0 spiro atoms. The predicted molar refractivity (Wildman–Crippen MR) is 80.3 cm³/mol. The van der Waals surface area contributed by atoms with Crippen molar-refractivity contribution in [3.05, 3.63) is 18.0 Å². The van der Waals surface area contributed by atoms with Gasteiger partial charge in [-0.15, -0.1) is 0 Å². The van der Waals surface area contributed by atoms with E-state index in [9.17, 15) is 0 Å². The van der Waals surface area contributed by atoms with Crippen LogP contribution in [0.3, 0.4) is 0 Å². The Bertz CT molecular complexity index is 370. The van der Waals surface area contributed by atoms with Crippen molar-refractivity contribution >= 4 is 0 Å². The highest BCUT2D eigenvalue weighted by molar-refractivity contribution is 5.14. The molecule has 0 saturated heterocycles. The molecule has 1 fully saturated rings. The van der Waals surface area contributed by atoms with Gasteiger partial charge in [0.15, 0.2) is 0 Å². The smallest absolute Gasteiger partial charge is 0.0524 e. The average Bonchev–Trinajstić information content (AvgIpc) is 2.86. The summed E-state index contributed by atoms with van der Waals surface area (Å²) in [6.07, 6.45) is 9.62. The van der Waals surface area contributed by atoms with Crippen LogP contribution in [0.15, 0.2) is 12.4 Å². The first-order chi connectivity index (χ1) is 9.24. The summed E-state index contributed by atoms with van der Waals surface area (Å²) in [5.41, 5.74) is 1.46. The average molecular weight is 263 g/mol. The molecule has 3 heteroatoms. The predicted octanol–water partition coefficient (Wildman–Crippen LogP) is 3.42. The van der Waals surface area contributed by atoms with Crippen LogP contribution in [0.2, 0.25) is 0 Å². The third-order valence-electron chi connectivity index (χ3n) is 4.45. The highest BCUT2D eigenvalue weighted by atomic mass is 15.3. The highest BCUT2D eigenvalue weighted by Gasteiger charge is 2.30. The number of nitrogens with one attached hydrogen (secondary N) is 1. The van der Waals surface area contributed by atoms with Crippen LogP contribution < -0.4 is 5.32 Å². The van der Waals surface area contributed by atoms with Gasteiger partial charge in [-0.2, -0.15) is 5.10 Å². The number of nitrogens with zero attached hydrogens (tertiary/aromatic N) is 2. The molecule has 1 heterocycles. The van der Waals surface area contributed by atoms with Gasteiger partial charge in [-0.3, -0.25) is 4.68 Å². The van der Waals surface area contributed by atoms with E-state index in [0.29, 0.717) is 5.92 Å². The van der Waals surface area contributed by atoms with Crippen LogP contribution in [0, 0.1) is 11.8 Å². The van der Waals surface area contributed by atoms with Crippen molar-refractivity contribution in [2.75, 3.05) is 13.1 Å². The molecule has 0 aliphatic heterocycles. The number of aryl methyl sites for hydroxylation is 1. The second-order valence-corrected chi connectivity index (χ2v) is 6.13. The lowest BCUT2D eigenvalue weighted by molar-refractivity contribution is 0.242. The van der Waals surface area contributed by atoms with Crippen LogP contribution in [0.4, 0.5) is 0 Å². The fraction of sp³-hybridized carbons (Fsp3) is 0.812. The number of hydrogen-bond acceptors (Lipinski definition) is 2. The minimum absolute atomic E-state index is 0.702. The minimum Gasteiger partial charge on any atom is -0.317 e. The third kappa shape index (κ3) is 3.82. The second-order valence-electron chi connectivity index (χ2n) is 6.13. The largest absolute Gasteiger partial charge is 0.317 e. The van der Waals surface area contributed by atoms with Crippen LogP contribution >= 0.6 is 0 Å². The Hall–Kier alpha value is -0.830. The SMILES string of the molecule is CCCn1cc(C2CC(C)CCC2CNCC)cn1. The van der Waals surface area contributed by atoms with E-state index in [1.54, 1.807) is 0 Å². The quantitative estimate of drug-likeness (QED) is 0.852. The number of hydrogen-bond donors (Lipinski definition) is 1. The van der Waals surface area contributed by atoms with Crippen molar-refractivity contribution in [1.82, 2.24) is 15.1 Å². The van der Waals surface area contributed by atoms with Gasteiger partial charge in [0.25, 0.3) is 0 Å². The van der Waals surface area contributed by atoms with Crippen molar-refractivity contribution in [3.8, 4) is 0 Å². The fourth-order valence-corrected chi connectivity index (χ4v) is 3.35. The first-order valence-corrected chi connectivity index (χ1v) is 7.97. The van der Waals surface area contributed by atoms with Crippen LogP contribution in [0.5, 0.6) is 0 Å². The molecule has 1 aromatic rings. The molecule has 0 bridgehead atoms. The Labute approximate surface area is 117 Å². The summed E-state index contributed by atoms with van der Waals surface area (Å²) in [5, 5.41) is 8.05. The topological polar surface area (TPSA) is 29.9 Å². The van der Waals surface area contributed by atoms with E-state index in [2.05, 4.69) is 48.3 Å².